The van der Waals surface area contributed by atoms with Crippen molar-refractivity contribution in [3.8, 4) is 9.75 Å². The van der Waals surface area contributed by atoms with Gasteiger partial charge in [0.1, 0.15) is 17.3 Å². The van der Waals surface area contributed by atoms with Crippen LogP contribution >= 0.6 is 34.3 Å². The Bertz CT molecular complexity index is 945. The minimum Gasteiger partial charge on any atom is -0.235 e. The summed E-state index contributed by atoms with van der Waals surface area (Å²) in [6.45, 7) is 0. The molecule has 0 aliphatic carbocycles. The molecule has 0 saturated carbocycles. The summed E-state index contributed by atoms with van der Waals surface area (Å²) in [5.74, 6) is -0.212. The Kier molecular flexibility index (Phi) is 2.73. The first-order valence-corrected chi connectivity index (χ1v) is 7.81. The summed E-state index contributed by atoms with van der Waals surface area (Å²) < 4.78 is 15.1. The number of benzene rings is 1. The Morgan fingerprint density at radius 2 is 1.85 bits per heavy atom. The van der Waals surface area contributed by atoms with Crippen LogP contribution in [-0.4, -0.2) is 9.97 Å². The fourth-order valence-corrected chi connectivity index (χ4v) is 4.48. The number of aromatic nitrogens is 2. The Hall–Kier alpha value is -1.56. The first-order chi connectivity index (χ1) is 9.70. The van der Waals surface area contributed by atoms with E-state index in [9.17, 15) is 4.39 Å². The van der Waals surface area contributed by atoms with Gasteiger partial charge in [-0.2, -0.15) is 0 Å². The maximum absolute atomic E-state index is 13.2. The van der Waals surface area contributed by atoms with Crippen molar-refractivity contribution in [2.75, 3.05) is 0 Å². The van der Waals surface area contributed by atoms with Gasteiger partial charge in [0, 0.05) is 14.5 Å². The topological polar surface area (TPSA) is 25.8 Å². The molecule has 98 valence electrons. The molecule has 0 radical (unpaired) electrons. The standard InChI is InChI=1S/C14H6ClFN2S2/c15-14-13-9(17-6-18-14)5-12(20-13)11-3-7-1-2-8(16)4-10(7)19-11/h1-6H. The van der Waals surface area contributed by atoms with Crippen LogP contribution in [0.25, 0.3) is 30.1 Å². The lowest BCUT2D eigenvalue weighted by Gasteiger charge is -1.88. The number of hydrogen-bond donors (Lipinski definition) is 0. The Morgan fingerprint density at radius 1 is 1.00 bits per heavy atom. The monoisotopic (exact) mass is 320 g/mol. The summed E-state index contributed by atoms with van der Waals surface area (Å²) in [7, 11) is 0. The zero-order chi connectivity index (χ0) is 13.7. The minimum absolute atomic E-state index is 0.212. The number of hydrogen-bond acceptors (Lipinski definition) is 4. The number of fused-ring (bicyclic) bond motifs is 2. The van der Waals surface area contributed by atoms with Gasteiger partial charge in [-0.15, -0.1) is 22.7 Å². The molecule has 3 aromatic heterocycles. The average Bonchev–Trinajstić information content (AvgIpc) is 3.01. The molecule has 1 aromatic carbocycles. The second kappa shape index (κ2) is 4.48. The Morgan fingerprint density at radius 3 is 2.70 bits per heavy atom. The van der Waals surface area contributed by atoms with E-state index in [2.05, 4.69) is 16.0 Å². The molecule has 0 fully saturated rings. The van der Waals surface area contributed by atoms with E-state index in [1.165, 1.54) is 12.4 Å². The van der Waals surface area contributed by atoms with Crippen LogP contribution in [0, 0.1) is 5.82 Å². The van der Waals surface area contributed by atoms with E-state index in [4.69, 9.17) is 11.6 Å². The third kappa shape index (κ3) is 1.90. The van der Waals surface area contributed by atoms with Gasteiger partial charge in [-0.25, -0.2) is 14.4 Å². The van der Waals surface area contributed by atoms with E-state index < -0.39 is 0 Å². The van der Waals surface area contributed by atoms with Crippen molar-refractivity contribution in [2.24, 2.45) is 0 Å². The number of rotatable bonds is 1. The van der Waals surface area contributed by atoms with E-state index in [0.717, 1.165) is 30.1 Å². The van der Waals surface area contributed by atoms with E-state index >= 15 is 0 Å². The average molecular weight is 321 g/mol. The maximum Gasteiger partial charge on any atom is 0.150 e. The molecule has 3 heterocycles. The Labute approximate surface area is 126 Å². The summed E-state index contributed by atoms with van der Waals surface area (Å²) >= 11 is 9.19. The van der Waals surface area contributed by atoms with Crippen molar-refractivity contribution >= 4 is 54.6 Å². The third-order valence-electron chi connectivity index (χ3n) is 2.99. The van der Waals surface area contributed by atoms with Crippen LogP contribution in [0.2, 0.25) is 5.15 Å². The van der Waals surface area contributed by atoms with Crippen molar-refractivity contribution in [3.63, 3.8) is 0 Å². The predicted molar refractivity (Wildman–Crippen MR) is 83.2 cm³/mol. The molecule has 0 N–H and O–H groups in total. The molecule has 0 saturated heterocycles. The highest BCUT2D eigenvalue weighted by molar-refractivity contribution is 7.28. The van der Waals surface area contributed by atoms with E-state index in [1.54, 1.807) is 34.8 Å². The fourth-order valence-electron chi connectivity index (χ4n) is 2.07. The van der Waals surface area contributed by atoms with Crippen LogP contribution in [0.3, 0.4) is 0 Å². The zero-order valence-electron chi connectivity index (χ0n) is 9.93. The second-order valence-electron chi connectivity index (χ2n) is 4.28. The van der Waals surface area contributed by atoms with E-state index in [1.807, 2.05) is 6.07 Å². The van der Waals surface area contributed by atoms with E-state index in [0.29, 0.717) is 5.15 Å². The zero-order valence-corrected chi connectivity index (χ0v) is 12.3. The van der Waals surface area contributed by atoms with Crippen LogP contribution in [-0.2, 0) is 0 Å². The van der Waals surface area contributed by atoms with Crippen LogP contribution in [0.5, 0.6) is 0 Å². The minimum atomic E-state index is -0.212. The maximum atomic E-state index is 13.2. The molecule has 0 aliphatic rings. The highest BCUT2D eigenvalue weighted by Crippen LogP contribution is 2.40. The summed E-state index contributed by atoms with van der Waals surface area (Å²) in [5, 5.41) is 1.51. The molecule has 6 heteroatoms. The molecule has 20 heavy (non-hydrogen) atoms. The summed E-state index contributed by atoms with van der Waals surface area (Å²) in [5.41, 5.74) is 0.841. The summed E-state index contributed by atoms with van der Waals surface area (Å²) in [6.07, 6.45) is 1.46. The molecule has 2 nitrogen and oxygen atoms in total. The number of nitrogens with zero attached hydrogens (tertiary/aromatic N) is 2. The largest absolute Gasteiger partial charge is 0.235 e. The van der Waals surface area contributed by atoms with Gasteiger partial charge in [0.2, 0.25) is 0 Å². The van der Waals surface area contributed by atoms with Gasteiger partial charge in [0.25, 0.3) is 0 Å². The van der Waals surface area contributed by atoms with Gasteiger partial charge >= 0.3 is 0 Å². The summed E-state index contributed by atoms with van der Waals surface area (Å²) in [4.78, 5) is 10.4. The van der Waals surface area contributed by atoms with Crippen LogP contribution in [0.15, 0.2) is 36.7 Å². The number of halogens is 2. The highest BCUT2D eigenvalue weighted by Gasteiger charge is 2.11. The molecule has 0 unspecified atom stereocenters. The third-order valence-corrected chi connectivity index (χ3v) is 5.82. The molecule has 0 bridgehead atoms. The molecular weight excluding hydrogens is 315 g/mol. The normalized spacial score (nSPS) is 11.5. The molecule has 0 aliphatic heterocycles. The van der Waals surface area contributed by atoms with Gasteiger partial charge in [-0.05, 0) is 29.7 Å². The van der Waals surface area contributed by atoms with Crippen LogP contribution in [0.1, 0.15) is 0 Å². The molecule has 0 spiro atoms. The van der Waals surface area contributed by atoms with Gasteiger partial charge in [0.05, 0.1) is 10.2 Å². The van der Waals surface area contributed by atoms with Crippen LogP contribution < -0.4 is 0 Å². The molecule has 4 aromatic rings. The van der Waals surface area contributed by atoms with Crippen molar-refractivity contribution in [1.82, 2.24) is 9.97 Å². The first kappa shape index (κ1) is 12.2. The number of thiophene rings is 2. The Balaban J connectivity index is 1.94. The van der Waals surface area contributed by atoms with Crippen molar-refractivity contribution < 1.29 is 4.39 Å². The summed E-state index contributed by atoms with van der Waals surface area (Å²) in [6, 6.07) is 8.89. The lowest BCUT2D eigenvalue weighted by molar-refractivity contribution is 0.630. The van der Waals surface area contributed by atoms with Crippen molar-refractivity contribution in [3.05, 3.63) is 47.6 Å². The van der Waals surface area contributed by atoms with Crippen molar-refractivity contribution in [1.29, 1.82) is 0 Å². The molecular formula is C14H6ClFN2S2. The first-order valence-electron chi connectivity index (χ1n) is 5.80. The molecule has 0 amide bonds. The van der Waals surface area contributed by atoms with Gasteiger partial charge in [-0.1, -0.05) is 17.7 Å². The van der Waals surface area contributed by atoms with Gasteiger partial charge in [-0.3, -0.25) is 0 Å². The predicted octanol–water partition coefficient (Wildman–Crippen LogP) is 5.37. The smallest absolute Gasteiger partial charge is 0.150 e. The SMILES string of the molecule is Fc1ccc2cc(-c3cc4ncnc(Cl)c4s3)sc2c1. The second-order valence-corrected chi connectivity index (χ2v) is 6.78. The lowest BCUT2D eigenvalue weighted by Crippen LogP contribution is -1.76. The van der Waals surface area contributed by atoms with Crippen LogP contribution in [0.4, 0.5) is 4.39 Å². The van der Waals surface area contributed by atoms with E-state index in [-0.39, 0.29) is 5.82 Å². The fraction of sp³-hybridized carbons (Fsp3) is 0. The highest BCUT2D eigenvalue weighted by atomic mass is 35.5. The van der Waals surface area contributed by atoms with Crippen molar-refractivity contribution in [2.45, 2.75) is 0 Å². The lowest BCUT2D eigenvalue weighted by atomic mass is 10.2. The quantitative estimate of drug-likeness (QED) is 0.441. The van der Waals surface area contributed by atoms with Gasteiger partial charge in [0.15, 0.2) is 0 Å². The molecule has 4 rings (SSSR count). The van der Waals surface area contributed by atoms with Gasteiger partial charge < -0.3 is 0 Å². The molecule has 0 atom stereocenters.